The van der Waals surface area contributed by atoms with Crippen molar-refractivity contribution in [3.8, 4) is 0 Å². The molecule has 14 heteroatoms. The average molecular weight is 971 g/mol. The van der Waals surface area contributed by atoms with Crippen LogP contribution in [-0.2, 0) is 23.9 Å². The Balaban J connectivity index is 0. The molecule has 0 radical (unpaired) electrons. The molecule has 0 saturated heterocycles. The van der Waals surface area contributed by atoms with E-state index in [1.807, 2.05) is 0 Å². The maximum absolute atomic E-state index is 12.2. The Labute approximate surface area is 418 Å². The number of carbonyl (C=O) groups is 4. The van der Waals surface area contributed by atoms with E-state index in [0.717, 1.165) is 32.3 Å². The molecule has 0 rings (SSSR count). The molecule has 0 unspecified atom stereocenters. The molecule has 0 aromatic rings. The van der Waals surface area contributed by atoms with Gasteiger partial charge in [0, 0.05) is 6.54 Å². The molecule has 0 aliphatic heterocycles. The third kappa shape index (κ3) is 47.5. The molecule has 0 aliphatic carbocycles. The van der Waals surface area contributed by atoms with Gasteiger partial charge in [0.05, 0.1) is 12.6 Å². The molecule has 404 valence electrons. The van der Waals surface area contributed by atoms with Crippen molar-refractivity contribution in [2.24, 2.45) is 5.73 Å². The fourth-order valence-electron chi connectivity index (χ4n) is 7.87. The van der Waals surface area contributed by atoms with E-state index in [2.05, 4.69) is 52.2 Å². The van der Waals surface area contributed by atoms with Crippen LogP contribution in [0.5, 0.6) is 0 Å². The molecule has 0 saturated carbocycles. The third-order valence-electron chi connectivity index (χ3n) is 11.7. The molecule has 68 heavy (non-hydrogen) atoms. The molecule has 0 aromatic carbocycles. The number of hydrazine groups is 1. The number of nitrogens with two attached hydrogens (primary N) is 1. The number of amides is 1. The number of aliphatic hydroxyl groups excluding tert-OH is 1. The van der Waals surface area contributed by atoms with E-state index < -0.39 is 41.1 Å². The monoisotopic (exact) mass is 970 g/mol. The average Bonchev–Trinajstić information content (AvgIpc) is 3.28. The molecular formula is C54H111N7O7. The van der Waals surface area contributed by atoms with Crippen LogP contribution in [0.15, 0.2) is 0 Å². The highest BCUT2D eigenvalue weighted by atomic mass is 16.6. The van der Waals surface area contributed by atoms with Gasteiger partial charge in [0.15, 0.2) is 0 Å². The molecule has 7 N–H and O–H groups in total. The Kier molecular flexibility index (Phi) is 47.1. The summed E-state index contributed by atoms with van der Waals surface area (Å²) in [5.74, 6) is -1.76. The number of unbranched alkanes of at least 4 members (excludes halogenated alkanes) is 20. The number of Topliss-reactive ketones (excluding diaryl/α,β-unsaturated/α-hetero) is 1. The lowest BCUT2D eigenvalue weighted by Gasteiger charge is -2.25. The summed E-state index contributed by atoms with van der Waals surface area (Å²) in [5.41, 5.74) is 9.99. The minimum absolute atomic E-state index is 0.174. The number of rotatable bonds is 46. The largest absolute Gasteiger partial charge is 0.454 e. The van der Waals surface area contributed by atoms with Crippen molar-refractivity contribution in [2.45, 2.75) is 252 Å². The number of esters is 1. The molecule has 0 spiro atoms. The Morgan fingerprint density at radius 3 is 1.35 bits per heavy atom. The van der Waals surface area contributed by atoms with Crippen LogP contribution >= 0.6 is 0 Å². The van der Waals surface area contributed by atoms with Crippen molar-refractivity contribution in [3.05, 3.63) is 0 Å². The van der Waals surface area contributed by atoms with Crippen molar-refractivity contribution < 1.29 is 33.8 Å². The maximum atomic E-state index is 12.2. The zero-order chi connectivity index (χ0) is 51.2. The molecule has 0 heterocycles. The summed E-state index contributed by atoms with van der Waals surface area (Å²) < 4.78 is 10.2. The SMILES string of the molecule is CC(C)(C)OC(=O)N[C@H](CCCCN)C(=O)C(=O)OC(C)(C)C.CCCCCCCCCCCCN(CCCCN(CCCCCCCCCCCC)CCCNN[C@@H](C=O)CO)CCCNC. The van der Waals surface area contributed by atoms with Crippen molar-refractivity contribution in [1.82, 2.24) is 31.3 Å². The van der Waals surface area contributed by atoms with Gasteiger partial charge in [-0.15, -0.1) is 0 Å². The van der Waals surface area contributed by atoms with Gasteiger partial charge in [-0.1, -0.05) is 129 Å². The maximum Gasteiger partial charge on any atom is 0.408 e. The summed E-state index contributed by atoms with van der Waals surface area (Å²) in [5, 5.41) is 15.0. The second kappa shape index (κ2) is 47.1. The number of carbonyl (C=O) groups excluding carboxylic acids is 4. The Hall–Kier alpha value is -2.20. The van der Waals surface area contributed by atoms with Crippen LogP contribution in [0.1, 0.15) is 229 Å². The first-order valence-corrected chi connectivity index (χ1v) is 27.7. The zero-order valence-corrected chi connectivity index (χ0v) is 45.8. The van der Waals surface area contributed by atoms with E-state index in [4.69, 9.17) is 15.2 Å². The van der Waals surface area contributed by atoms with Crippen LogP contribution in [0.3, 0.4) is 0 Å². The van der Waals surface area contributed by atoms with Gasteiger partial charge >= 0.3 is 12.1 Å². The molecular weight excluding hydrogens is 859 g/mol. The molecule has 0 aliphatic rings. The van der Waals surface area contributed by atoms with E-state index in [0.29, 0.717) is 25.8 Å². The lowest BCUT2D eigenvalue weighted by Crippen LogP contribution is -2.47. The number of aldehydes is 1. The van der Waals surface area contributed by atoms with Crippen LogP contribution in [0.2, 0.25) is 0 Å². The quantitative estimate of drug-likeness (QED) is 0.0111. The van der Waals surface area contributed by atoms with Gasteiger partial charge in [0.25, 0.3) is 5.78 Å². The second-order valence-corrected chi connectivity index (χ2v) is 20.9. The third-order valence-corrected chi connectivity index (χ3v) is 11.7. The minimum Gasteiger partial charge on any atom is -0.454 e. The molecule has 1 amide bonds. The minimum atomic E-state index is -0.980. The van der Waals surface area contributed by atoms with Crippen LogP contribution in [-0.4, -0.2) is 135 Å². The number of hydrogen-bond acceptors (Lipinski definition) is 13. The van der Waals surface area contributed by atoms with Gasteiger partial charge in [0.2, 0.25) is 0 Å². The number of hydrogen-bond donors (Lipinski definition) is 6. The van der Waals surface area contributed by atoms with Crippen molar-refractivity contribution in [2.75, 3.05) is 72.6 Å². The van der Waals surface area contributed by atoms with Crippen LogP contribution in [0.25, 0.3) is 0 Å². The van der Waals surface area contributed by atoms with Crippen molar-refractivity contribution in [3.63, 3.8) is 0 Å². The summed E-state index contributed by atoms with van der Waals surface area (Å²) >= 11 is 0. The standard InChI is InChI=1S/C38H81N5O2.C16H30N2O5/c1-4-6-8-10-12-14-16-18-20-22-30-42(34-26-28-39-3)32-24-25-33-43(35-27-29-40-41-38(36-44)37-45)31-23-21-19-17-15-13-11-9-7-5-2;1-15(2,3)22-13(20)12(19)11(9-7-8-10-17)18-14(21)23-16(4,5)6/h36,38-41,45H,4-35,37H2,1-3H3;11H,7-10,17H2,1-6H3,(H,18,21)/t38-;11-/m01/s1. The summed E-state index contributed by atoms with van der Waals surface area (Å²) in [7, 11) is 2.06. The predicted octanol–water partition coefficient (Wildman–Crippen LogP) is 9.79. The number of alkyl carbamates (subject to hydrolysis) is 1. The first-order chi connectivity index (χ1) is 32.6. The summed E-state index contributed by atoms with van der Waals surface area (Å²) in [6.45, 7) is 24.1. The van der Waals surface area contributed by atoms with Crippen molar-refractivity contribution >= 4 is 24.1 Å². The Morgan fingerprint density at radius 2 is 0.971 bits per heavy atom. The van der Waals surface area contributed by atoms with Gasteiger partial charge in [-0.25, -0.2) is 15.0 Å². The highest BCUT2D eigenvalue weighted by Gasteiger charge is 2.32. The van der Waals surface area contributed by atoms with Crippen LogP contribution in [0, 0.1) is 0 Å². The van der Waals surface area contributed by atoms with E-state index in [-0.39, 0.29) is 6.61 Å². The molecule has 0 bridgehead atoms. The van der Waals surface area contributed by atoms with Gasteiger partial charge in [-0.2, -0.15) is 0 Å². The zero-order valence-electron chi connectivity index (χ0n) is 45.8. The predicted molar refractivity (Wildman–Crippen MR) is 284 cm³/mol. The smallest absolute Gasteiger partial charge is 0.408 e. The fraction of sp³-hybridized carbons (Fsp3) is 0.926. The lowest BCUT2D eigenvalue weighted by atomic mass is 10.0. The van der Waals surface area contributed by atoms with E-state index in [1.54, 1.807) is 41.5 Å². The molecule has 2 atom stereocenters. The molecule has 0 aromatic heterocycles. The van der Waals surface area contributed by atoms with Crippen LogP contribution in [0.4, 0.5) is 4.79 Å². The summed E-state index contributed by atoms with van der Waals surface area (Å²) in [6, 6.07) is -1.50. The summed E-state index contributed by atoms with van der Waals surface area (Å²) in [6.07, 6.45) is 34.3. The molecule has 0 fully saturated rings. The highest BCUT2D eigenvalue weighted by molar-refractivity contribution is 6.36. The normalized spacial score (nSPS) is 12.7. The van der Waals surface area contributed by atoms with Gasteiger partial charge in [0.1, 0.15) is 23.5 Å². The Bertz CT molecular complexity index is 1170. The second-order valence-electron chi connectivity index (χ2n) is 20.9. The van der Waals surface area contributed by atoms with E-state index in [1.165, 1.54) is 180 Å². The van der Waals surface area contributed by atoms with Crippen molar-refractivity contribution in [1.29, 1.82) is 0 Å². The highest BCUT2D eigenvalue weighted by Crippen LogP contribution is 2.15. The van der Waals surface area contributed by atoms with Gasteiger partial charge in [-0.3, -0.25) is 10.2 Å². The molecule has 14 nitrogen and oxygen atoms in total. The first-order valence-electron chi connectivity index (χ1n) is 27.7. The van der Waals surface area contributed by atoms with Gasteiger partial charge in [-0.05, 0) is 159 Å². The summed E-state index contributed by atoms with van der Waals surface area (Å²) in [4.78, 5) is 52.3. The number of ketones is 1. The number of nitrogens with zero attached hydrogens (tertiary/aromatic N) is 2. The number of aliphatic hydroxyl groups is 1. The lowest BCUT2D eigenvalue weighted by molar-refractivity contribution is -0.163. The fourth-order valence-corrected chi connectivity index (χ4v) is 7.87. The van der Waals surface area contributed by atoms with E-state index in [9.17, 15) is 24.3 Å². The number of nitrogens with one attached hydrogen (secondary N) is 4. The van der Waals surface area contributed by atoms with E-state index >= 15 is 0 Å². The Morgan fingerprint density at radius 1 is 0.574 bits per heavy atom. The number of ether oxygens (including phenoxy) is 2. The first kappa shape index (κ1) is 67.9. The van der Waals surface area contributed by atoms with Gasteiger partial charge < -0.3 is 45.5 Å². The van der Waals surface area contributed by atoms with Crippen LogP contribution < -0.4 is 27.2 Å². The topological polar surface area (TPSA) is 188 Å².